The molecule has 23 heavy (non-hydrogen) atoms. The molecular weight excluding hydrogens is 292 g/mol. The van der Waals surface area contributed by atoms with Crippen LogP contribution in [0.1, 0.15) is 90.9 Å². The third-order valence-electron chi connectivity index (χ3n) is 4.96. The van der Waals surface area contributed by atoms with Gasteiger partial charge in [0.25, 0.3) is 0 Å². The number of hydrogen-bond donors (Lipinski definition) is 1. The predicted octanol–water partition coefficient (Wildman–Crippen LogP) is 4.95. The number of ether oxygens (including phenoxy) is 1. The molecular formula is C19H34O4. The van der Waals surface area contributed by atoms with Crippen molar-refractivity contribution >= 4 is 11.9 Å². The fourth-order valence-corrected chi connectivity index (χ4v) is 3.42. The van der Waals surface area contributed by atoms with Gasteiger partial charge >= 0.3 is 11.9 Å². The number of unbranched alkanes of at least 4 members (excludes halogenated alkanes) is 10. The largest absolute Gasteiger partial charge is 0.481 e. The number of hydrogen-bond acceptors (Lipinski definition) is 3. The van der Waals surface area contributed by atoms with Crippen molar-refractivity contribution in [3.8, 4) is 0 Å². The van der Waals surface area contributed by atoms with E-state index in [0.29, 0.717) is 6.42 Å². The number of carbonyl (C=O) groups excluding carboxylic acids is 1. The van der Waals surface area contributed by atoms with Gasteiger partial charge in [-0.1, -0.05) is 78.1 Å². The summed E-state index contributed by atoms with van der Waals surface area (Å²) in [5, 5.41) is 9.22. The van der Waals surface area contributed by atoms with Crippen LogP contribution in [0.4, 0.5) is 0 Å². The lowest BCUT2D eigenvalue weighted by Crippen LogP contribution is -2.27. The molecule has 0 saturated carbocycles. The minimum Gasteiger partial charge on any atom is -0.481 e. The molecule has 0 aromatic rings. The molecule has 1 aliphatic heterocycles. The Morgan fingerprint density at radius 2 is 1.43 bits per heavy atom. The monoisotopic (exact) mass is 326 g/mol. The molecule has 1 N–H and O–H groups in total. The van der Waals surface area contributed by atoms with Gasteiger partial charge in [-0.25, -0.2) is 0 Å². The van der Waals surface area contributed by atoms with Crippen LogP contribution in [0.3, 0.4) is 0 Å². The van der Waals surface area contributed by atoms with E-state index in [-0.39, 0.29) is 5.97 Å². The zero-order valence-electron chi connectivity index (χ0n) is 14.9. The molecule has 1 fully saturated rings. The number of carboxylic acids is 1. The molecule has 1 aliphatic rings. The molecule has 1 saturated heterocycles. The highest BCUT2D eigenvalue weighted by Gasteiger charge is 2.45. The second-order valence-corrected chi connectivity index (χ2v) is 6.95. The normalized spacial score (nSPS) is 23.9. The van der Waals surface area contributed by atoms with Crippen molar-refractivity contribution in [1.82, 2.24) is 0 Å². The van der Waals surface area contributed by atoms with Crippen molar-refractivity contribution < 1.29 is 19.4 Å². The molecule has 0 amide bonds. The molecule has 0 aliphatic carbocycles. The summed E-state index contributed by atoms with van der Waals surface area (Å²) >= 11 is 0. The van der Waals surface area contributed by atoms with Crippen LogP contribution in [-0.4, -0.2) is 23.1 Å². The summed E-state index contributed by atoms with van der Waals surface area (Å²) in [4.78, 5) is 22.8. The van der Waals surface area contributed by atoms with Gasteiger partial charge in [-0.3, -0.25) is 9.59 Å². The molecule has 0 unspecified atom stereocenters. The van der Waals surface area contributed by atoms with Crippen LogP contribution in [-0.2, 0) is 14.3 Å². The van der Waals surface area contributed by atoms with Crippen molar-refractivity contribution in [3.63, 3.8) is 0 Å². The second-order valence-electron chi connectivity index (χ2n) is 6.95. The number of carbonyl (C=O) groups is 2. The lowest BCUT2D eigenvalue weighted by molar-refractivity contribution is -0.144. The second kappa shape index (κ2) is 11.5. The van der Waals surface area contributed by atoms with Crippen molar-refractivity contribution in [3.05, 3.63) is 0 Å². The van der Waals surface area contributed by atoms with E-state index in [1.54, 1.807) is 6.92 Å². The van der Waals surface area contributed by atoms with Gasteiger partial charge in [0.1, 0.15) is 12.0 Å². The molecule has 4 heteroatoms. The molecule has 0 bridgehead atoms. The Morgan fingerprint density at radius 3 is 1.91 bits per heavy atom. The molecule has 0 aromatic heterocycles. The van der Waals surface area contributed by atoms with Gasteiger partial charge in [0.05, 0.1) is 5.92 Å². The quantitative estimate of drug-likeness (QED) is 0.384. The van der Waals surface area contributed by atoms with E-state index >= 15 is 0 Å². The van der Waals surface area contributed by atoms with Gasteiger partial charge in [-0.2, -0.15) is 0 Å². The van der Waals surface area contributed by atoms with Crippen molar-refractivity contribution in [2.75, 3.05) is 0 Å². The van der Waals surface area contributed by atoms with E-state index in [2.05, 4.69) is 6.92 Å². The fraction of sp³-hybridized carbons (Fsp3) is 0.895. The third kappa shape index (κ3) is 7.36. The summed E-state index contributed by atoms with van der Waals surface area (Å²) < 4.78 is 5.22. The highest BCUT2D eigenvalue weighted by atomic mass is 16.6. The SMILES string of the molecule is CCCCCCCCCCCCC[C@H]1OC(=O)[C@@H](C)[C@@H]1C(=O)O. The van der Waals surface area contributed by atoms with Gasteiger partial charge in [0.15, 0.2) is 0 Å². The van der Waals surface area contributed by atoms with Gasteiger partial charge in [-0.15, -0.1) is 0 Å². The molecule has 1 rings (SSSR count). The summed E-state index contributed by atoms with van der Waals surface area (Å²) in [5.41, 5.74) is 0. The smallest absolute Gasteiger partial charge is 0.311 e. The number of aliphatic carboxylic acids is 1. The molecule has 4 nitrogen and oxygen atoms in total. The Kier molecular flexibility index (Phi) is 9.97. The zero-order valence-corrected chi connectivity index (χ0v) is 14.9. The Bertz CT molecular complexity index is 353. The molecule has 0 spiro atoms. The number of cyclic esters (lactones) is 1. The van der Waals surface area contributed by atoms with Crippen molar-refractivity contribution in [1.29, 1.82) is 0 Å². The van der Waals surface area contributed by atoms with Crippen LogP contribution in [0.2, 0.25) is 0 Å². The van der Waals surface area contributed by atoms with E-state index in [4.69, 9.17) is 4.74 Å². The third-order valence-corrected chi connectivity index (χ3v) is 4.96. The summed E-state index contributed by atoms with van der Waals surface area (Å²) in [6.45, 7) is 3.90. The maximum atomic E-state index is 11.5. The first-order chi connectivity index (χ1) is 11.1. The Balaban J connectivity index is 2.00. The number of carboxylic acid groups (broad SMARTS) is 1. The van der Waals surface area contributed by atoms with Crippen LogP contribution < -0.4 is 0 Å². The minimum absolute atomic E-state index is 0.356. The average Bonchev–Trinajstić information content (AvgIpc) is 2.79. The summed E-state index contributed by atoms with van der Waals surface area (Å²) in [5.74, 6) is -2.43. The van der Waals surface area contributed by atoms with E-state index in [0.717, 1.165) is 12.8 Å². The maximum absolute atomic E-state index is 11.5. The number of rotatable bonds is 13. The molecule has 1 heterocycles. The van der Waals surface area contributed by atoms with E-state index in [1.165, 1.54) is 57.8 Å². The summed E-state index contributed by atoms with van der Waals surface area (Å²) in [6.07, 6.45) is 14.2. The Hall–Kier alpha value is -1.06. The van der Waals surface area contributed by atoms with Gasteiger partial charge in [0, 0.05) is 0 Å². The van der Waals surface area contributed by atoms with Crippen molar-refractivity contribution in [2.24, 2.45) is 11.8 Å². The van der Waals surface area contributed by atoms with Crippen LogP contribution in [0.25, 0.3) is 0 Å². The summed E-state index contributed by atoms with van der Waals surface area (Å²) in [6, 6.07) is 0. The predicted molar refractivity (Wildman–Crippen MR) is 91.2 cm³/mol. The van der Waals surface area contributed by atoms with E-state index < -0.39 is 23.9 Å². The van der Waals surface area contributed by atoms with Gasteiger partial charge in [0.2, 0.25) is 0 Å². The van der Waals surface area contributed by atoms with Gasteiger partial charge < -0.3 is 9.84 Å². The zero-order chi connectivity index (χ0) is 17.1. The average molecular weight is 326 g/mol. The van der Waals surface area contributed by atoms with Gasteiger partial charge in [-0.05, 0) is 12.8 Å². The first-order valence-corrected chi connectivity index (χ1v) is 9.51. The Morgan fingerprint density at radius 1 is 0.957 bits per heavy atom. The molecule has 0 aromatic carbocycles. The molecule has 134 valence electrons. The van der Waals surface area contributed by atoms with Crippen LogP contribution in [0.5, 0.6) is 0 Å². The first kappa shape index (κ1) is 20.0. The lowest BCUT2D eigenvalue weighted by atomic mass is 9.89. The minimum atomic E-state index is -0.906. The summed E-state index contributed by atoms with van der Waals surface area (Å²) in [7, 11) is 0. The standard InChI is InChI=1S/C19H34O4/c1-3-4-5-6-7-8-9-10-11-12-13-14-16-17(18(20)21)15(2)19(22)23-16/h15-17H,3-14H2,1-2H3,(H,20,21)/t15-,16+,17-/m0/s1. The molecule has 0 radical (unpaired) electrons. The van der Waals surface area contributed by atoms with E-state index in [1.807, 2.05) is 0 Å². The fourth-order valence-electron chi connectivity index (χ4n) is 3.42. The van der Waals surface area contributed by atoms with E-state index in [9.17, 15) is 14.7 Å². The van der Waals surface area contributed by atoms with Crippen LogP contribution in [0.15, 0.2) is 0 Å². The van der Waals surface area contributed by atoms with Crippen LogP contribution in [0, 0.1) is 11.8 Å². The van der Waals surface area contributed by atoms with Crippen molar-refractivity contribution in [2.45, 2.75) is 97.0 Å². The topological polar surface area (TPSA) is 63.6 Å². The number of esters is 1. The van der Waals surface area contributed by atoms with Crippen LogP contribution >= 0.6 is 0 Å². The maximum Gasteiger partial charge on any atom is 0.311 e. The first-order valence-electron chi connectivity index (χ1n) is 9.51. The lowest BCUT2D eigenvalue weighted by Gasteiger charge is -2.15. The molecule has 3 atom stereocenters. The Labute approximate surface area is 141 Å². The highest BCUT2D eigenvalue weighted by Crippen LogP contribution is 2.31. The highest BCUT2D eigenvalue weighted by molar-refractivity contribution is 5.84.